The molecule has 12 rings (SSSR count). The van der Waals surface area contributed by atoms with E-state index in [2.05, 4.69) is 96.8 Å². The van der Waals surface area contributed by atoms with Gasteiger partial charge in [-0.05, 0) is 215 Å². The summed E-state index contributed by atoms with van der Waals surface area (Å²) in [5, 5.41) is 33.8. The molecule has 0 bridgehead atoms. The Bertz CT molecular complexity index is 2740. The minimum atomic E-state index is -0.655. The van der Waals surface area contributed by atoms with Crippen molar-refractivity contribution < 1.29 is 34.5 Å². The number of aliphatic hydroxyl groups excluding tert-OH is 2. The van der Waals surface area contributed by atoms with Gasteiger partial charge < -0.3 is 25.5 Å². The van der Waals surface area contributed by atoms with E-state index in [1.807, 2.05) is 20.8 Å². The molecule has 0 aromatic carbocycles. The van der Waals surface area contributed by atoms with Crippen molar-refractivity contribution in [2.24, 2.45) is 66.0 Å². The fraction of sp³-hybridized carbons (Fsp3) is 0.688. The minimum Gasteiger partial charge on any atom is -0.504 e. The Morgan fingerprint density at radius 2 is 0.932 bits per heavy atom. The molecule has 0 radical (unpaired) electrons. The van der Waals surface area contributed by atoms with E-state index in [1.165, 1.54) is 37.1 Å². The molecule has 1 amide bonds. The Morgan fingerprint density at radius 3 is 1.30 bits per heavy atom. The summed E-state index contributed by atoms with van der Waals surface area (Å²) in [4.78, 5) is 53.2. The summed E-state index contributed by atoms with van der Waals surface area (Å²) in [7, 11) is 0. The number of likely N-dealkylation sites (tertiary alicyclic amines) is 1. The summed E-state index contributed by atoms with van der Waals surface area (Å²) in [5.41, 5.74) is 7.54. The number of amides is 1. The number of aliphatic hydroxyl groups is 2. The molecule has 8 fully saturated rings. The summed E-state index contributed by atoms with van der Waals surface area (Å²) in [6.45, 7) is 31.7. The van der Waals surface area contributed by atoms with E-state index in [1.54, 1.807) is 12.2 Å². The van der Waals surface area contributed by atoms with Crippen LogP contribution in [0.15, 0.2) is 92.6 Å². The van der Waals surface area contributed by atoms with Gasteiger partial charge >= 0.3 is 5.97 Å². The number of carbonyl (C=O) groups excluding carboxylic acids is 3. The monoisotopic (exact) mass is 1030 g/mol. The zero-order valence-corrected chi connectivity index (χ0v) is 47.9. The van der Waals surface area contributed by atoms with E-state index >= 15 is 0 Å². The lowest BCUT2D eigenvalue weighted by molar-refractivity contribution is -0.178. The third kappa shape index (κ3) is 7.49. The maximum absolute atomic E-state index is 13.6. The average molecular weight is 1030 g/mol. The van der Waals surface area contributed by atoms with Gasteiger partial charge in [0.15, 0.2) is 11.5 Å². The van der Waals surface area contributed by atoms with Gasteiger partial charge in [0.1, 0.15) is 0 Å². The van der Waals surface area contributed by atoms with E-state index in [-0.39, 0.29) is 84.2 Å². The Labute approximate surface area is 449 Å². The van der Waals surface area contributed by atoms with Crippen LogP contribution >= 0.6 is 12.4 Å². The number of nitrogens with zero attached hydrogens (tertiary/aromatic N) is 1. The predicted octanol–water partition coefficient (Wildman–Crippen LogP) is 13.9. The van der Waals surface area contributed by atoms with E-state index in [0.717, 1.165) is 125 Å². The van der Waals surface area contributed by atoms with Crippen molar-refractivity contribution in [3.8, 4) is 0 Å². The highest BCUT2D eigenvalue weighted by atomic mass is 35.5. The molecule has 10 aliphatic carbocycles. The number of hydrogen-bond acceptors (Lipinski definition) is 7. The molecular formula is C64H89ClN2O7. The lowest BCUT2D eigenvalue weighted by Gasteiger charge is -2.70. The van der Waals surface area contributed by atoms with Crippen molar-refractivity contribution in [2.75, 3.05) is 26.2 Å². The number of carboxylic acid groups (broad SMARTS) is 1. The van der Waals surface area contributed by atoms with Crippen LogP contribution in [-0.2, 0) is 19.2 Å². The van der Waals surface area contributed by atoms with Crippen molar-refractivity contribution in [1.29, 1.82) is 0 Å². The molecule has 2 heterocycles. The number of hydrogen-bond donors (Lipinski definition) is 4. The molecule has 0 spiro atoms. The normalized spacial score (nSPS) is 44.5. The van der Waals surface area contributed by atoms with Crippen LogP contribution in [0.25, 0.3) is 0 Å². The number of aliphatic carboxylic acids is 1. The van der Waals surface area contributed by atoms with E-state index in [0.29, 0.717) is 28.9 Å². The first kappa shape index (κ1) is 54.8. The number of carboxylic acids is 1. The van der Waals surface area contributed by atoms with Gasteiger partial charge in [-0.25, -0.2) is 0 Å². The summed E-state index contributed by atoms with van der Waals surface area (Å²) >= 11 is 0. The SMILES string of the molecule is C1CNC1.CC1=C(O)C(=O)C=C2C1=CC=C1[C@@]2(C)CC[C@@]2(C)[C@@H]3C[C@](C)(C(=O)N4CCC4)CC[C@]3(C)CC[C@]12C.CC1=C(O)C(=O)C=C2C1=CC=C1[C@@]2(C)CC[C@@]2(C)[C@@H]3C[C@](C)(C(=O)O)CC[C@]3(C)CC[C@]12C.Cl. The Kier molecular flexibility index (Phi) is 13.2. The third-order valence-electron chi connectivity index (χ3n) is 24.6. The quantitative estimate of drug-likeness (QED) is 0.214. The first-order chi connectivity index (χ1) is 34.0. The molecule has 74 heavy (non-hydrogen) atoms. The van der Waals surface area contributed by atoms with Gasteiger partial charge in [-0.3, -0.25) is 19.2 Å². The van der Waals surface area contributed by atoms with Crippen LogP contribution in [0, 0.1) is 66.0 Å². The number of ketones is 2. The maximum atomic E-state index is 13.6. The fourth-order valence-corrected chi connectivity index (χ4v) is 18.4. The topological polar surface area (TPSA) is 144 Å². The molecule has 12 aliphatic rings. The van der Waals surface area contributed by atoms with Crippen LogP contribution in [-0.4, -0.2) is 69.8 Å². The molecule has 0 aromatic rings. The summed E-state index contributed by atoms with van der Waals surface area (Å²) < 4.78 is 0. The van der Waals surface area contributed by atoms with Crippen LogP contribution in [0.3, 0.4) is 0 Å². The molecule has 0 aromatic heterocycles. The van der Waals surface area contributed by atoms with Crippen molar-refractivity contribution in [3.05, 3.63) is 92.6 Å². The van der Waals surface area contributed by atoms with Crippen molar-refractivity contribution in [1.82, 2.24) is 10.2 Å². The van der Waals surface area contributed by atoms with Crippen molar-refractivity contribution in [2.45, 2.75) is 186 Å². The second-order valence-corrected chi connectivity index (χ2v) is 28.3. The highest BCUT2D eigenvalue weighted by Gasteiger charge is 2.69. The standard InChI is InChI=1S/C32H43NO3.C29H38O4.C3H7N.ClH/c1-20-21-8-9-24-30(4,22(21)18-23(34)26(20)35)13-15-32(6)25-19-29(3,27(36)33-16-7-17-33)11-10-28(25,2)12-14-31(24,32)5;1-17-18-7-8-21-27(4,19(18)15-20(30)23(17)31)12-14-29(6)22-16-26(3,24(32)33)10-9-25(22,2)11-13-28(21,29)5;1-2-4-3-1;/h8-9,18,25,35H,7,10-17,19H2,1-6H3;7-8,15,22,31H,9-14,16H2,1-6H3,(H,32,33);4H,1-3H2;1H/t25-,28-,29-,30+,31-,32+;22-,25-,26-,27+,28-,29+;;/m11../s1. The molecule has 10 heteroatoms. The first-order valence-electron chi connectivity index (χ1n) is 28.4. The zero-order chi connectivity index (χ0) is 52.9. The molecule has 9 nitrogen and oxygen atoms in total. The average Bonchev–Trinajstić information content (AvgIpc) is 3.30. The van der Waals surface area contributed by atoms with Gasteiger partial charge in [0, 0.05) is 40.5 Å². The largest absolute Gasteiger partial charge is 0.504 e. The molecule has 4 N–H and O–H groups in total. The van der Waals surface area contributed by atoms with E-state index in [9.17, 15) is 34.5 Å². The van der Waals surface area contributed by atoms with E-state index < -0.39 is 11.4 Å². The first-order valence-corrected chi connectivity index (χ1v) is 28.4. The summed E-state index contributed by atoms with van der Waals surface area (Å²) in [6, 6.07) is 0. The van der Waals surface area contributed by atoms with Gasteiger partial charge in [0.2, 0.25) is 17.5 Å². The lowest BCUT2D eigenvalue weighted by atomic mass is 9.34. The summed E-state index contributed by atoms with van der Waals surface area (Å²) in [5.74, 6) is -0.216. The second kappa shape index (κ2) is 17.8. The van der Waals surface area contributed by atoms with Gasteiger partial charge in [-0.15, -0.1) is 12.4 Å². The zero-order valence-electron chi connectivity index (χ0n) is 47.1. The van der Waals surface area contributed by atoms with Crippen LogP contribution < -0.4 is 5.32 Å². The van der Waals surface area contributed by atoms with Crippen LogP contribution in [0.2, 0.25) is 0 Å². The van der Waals surface area contributed by atoms with Crippen LogP contribution in [0.4, 0.5) is 0 Å². The number of fused-ring (bicyclic) bond motifs is 14. The number of rotatable bonds is 2. The highest BCUT2D eigenvalue weighted by Crippen LogP contribution is 2.77. The van der Waals surface area contributed by atoms with Crippen molar-refractivity contribution in [3.63, 3.8) is 0 Å². The van der Waals surface area contributed by atoms with Gasteiger partial charge in [-0.2, -0.15) is 0 Å². The highest BCUT2D eigenvalue weighted by molar-refractivity contribution is 6.07. The van der Waals surface area contributed by atoms with E-state index in [4.69, 9.17) is 0 Å². The Hall–Kier alpha value is -3.95. The number of halogens is 1. The molecule has 0 unspecified atom stereocenters. The number of allylic oxidation sites excluding steroid dienone is 14. The van der Waals surface area contributed by atoms with Crippen molar-refractivity contribution >= 4 is 35.9 Å². The summed E-state index contributed by atoms with van der Waals surface area (Å²) in [6.07, 6.45) is 29.0. The van der Waals surface area contributed by atoms with Gasteiger partial charge in [-0.1, -0.05) is 97.8 Å². The third-order valence-corrected chi connectivity index (χ3v) is 24.6. The second-order valence-electron chi connectivity index (χ2n) is 28.3. The molecule has 404 valence electrons. The Morgan fingerprint density at radius 1 is 0.554 bits per heavy atom. The van der Waals surface area contributed by atoms with Gasteiger partial charge in [0.25, 0.3) is 0 Å². The molecule has 2 aliphatic heterocycles. The smallest absolute Gasteiger partial charge is 0.309 e. The number of carbonyl (C=O) groups is 4. The van der Waals surface area contributed by atoms with Crippen LogP contribution in [0.1, 0.15) is 186 Å². The Balaban J connectivity index is 0.000000167. The van der Waals surface area contributed by atoms with Gasteiger partial charge in [0.05, 0.1) is 5.41 Å². The fourth-order valence-electron chi connectivity index (χ4n) is 18.4. The minimum absolute atomic E-state index is 0. The molecular weight excluding hydrogens is 944 g/mol. The van der Waals surface area contributed by atoms with Crippen LogP contribution in [0.5, 0.6) is 0 Å². The predicted molar refractivity (Wildman–Crippen MR) is 295 cm³/mol. The maximum Gasteiger partial charge on any atom is 0.309 e. The number of nitrogens with one attached hydrogen (secondary N) is 1. The molecule has 6 saturated carbocycles. The molecule has 2 saturated heterocycles. The molecule has 12 atom stereocenters. The lowest BCUT2D eigenvalue weighted by Crippen LogP contribution is -2.63.